The number of nitrogens with zero attached hydrogens (tertiary/aromatic N) is 4. The maximum atomic E-state index is 12.8. The molecule has 3 rings (SSSR count). The molecule has 1 aromatic rings. The number of hydrogen-bond donors (Lipinski definition) is 0. The molecule has 2 aliphatic rings. The highest BCUT2D eigenvalue weighted by Gasteiger charge is 2.33. The Morgan fingerprint density at radius 3 is 2.38 bits per heavy atom. The van der Waals surface area contributed by atoms with Crippen LogP contribution in [0, 0.1) is 11.8 Å². The van der Waals surface area contributed by atoms with Crippen LogP contribution in [-0.4, -0.2) is 79.9 Å². The Morgan fingerprint density at radius 2 is 1.72 bits per heavy atom. The van der Waals surface area contributed by atoms with Crippen molar-refractivity contribution in [2.75, 3.05) is 63.9 Å². The molecule has 2 fully saturated rings. The van der Waals surface area contributed by atoms with Crippen LogP contribution in [0.3, 0.4) is 0 Å². The molecule has 0 unspecified atom stereocenters. The number of hydrogen-bond acceptors (Lipinski definition) is 5. The molecular weight excluding hydrogens is 381 g/mol. The molecule has 1 aromatic heterocycles. The first kappa shape index (κ1) is 21.9. The quantitative estimate of drug-likeness (QED) is 0.697. The first-order chi connectivity index (χ1) is 14.0. The van der Waals surface area contributed by atoms with Gasteiger partial charge in [-0.1, -0.05) is 24.8 Å². The third-order valence-electron chi connectivity index (χ3n) is 5.52. The zero-order valence-electron chi connectivity index (χ0n) is 16.9. The maximum absolute atomic E-state index is 12.8. The van der Waals surface area contributed by atoms with Crippen molar-refractivity contribution < 1.29 is 17.9 Å². The SMILES string of the molecule is CCN1CCN(CC#CCOC2CCN(c3cccc(C(F)(F)F)n3)CC2)CC1. The molecule has 160 valence electrons. The summed E-state index contributed by atoms with van der Waals surface area (Å²) < 4.78 is 44.3. The molecule has 29 heavy (non-hydrogen) atoms. The summed E-state index contributed by atoms with van der Waals surface area (Å²) in [6, 6.07) is 4.04. The van der Waals surface area contributed by atoms with Crippen LogP contribution in [0.1, 0.15) is 25.5 Å². The Bertz CT molecular complexity index is 700. The number of anilines is 1. The van der Waals surface area contributed by atoms with Crippen LogP contribution < -0.4 is 4.90 Å². The normalized spacial score (nSPS) is 19.8. The summed E-state index contributed by atoms with van der Waals surface area (Å²) in [4.78, 5) is 10.4. The van der Waals surface area contributed by atoms with E-state index in [2.05, 4.69) is 33.5 Å². The van der Waals surface area contributed by atoms with Crippen molar-refractivity contribution in [3.8, 4) is 11.8 Å². The molecule has 0 saturated carbocycles. The molecule has 0 amide bonds. The first-order valence-corrected chi connectivity index (χ1v) is 10.3. The molecule has 3 heterocycles. The van der Waals surface area contributed by atoms with Crippen molar-refractivity contribution in [3.63, 3.8) is 0 Å². The summed E-state index contributed by atoms with van der Waals surface area (Å²) in [6.07, 6.45) is -2.80. The first-order valence-electron chi connectivity index (χ1n) is 10.3. The van der Waals surface area contributed by atoms with Crippen molar-refractivity contribution in [2.45, 2.75) is 32.0 Å². The van der Waals surface area contributed by atoms with E-state index in [1.165, 1.54) is 6.07 Å². The Balaban J connectivity index is 1.36. The number of aromatic nitrogens is 1. The van der Waals surface area contributed by atoms with Crippen LogP contribution >= 0.6 is 0 Å². The third-order valence-corrected chi connectivity index (χ3v) is 5.52. The number of halogens is 3. The average molecular weight is 410 g/mol. The van der Waals surface area contributed by atoms with E-state index < -0.39 is 11.9 Å². The Kier molecular flexibility index (Phi) is 7.76. The third kappa shape index (κ3) is 6.59. The van der Waals surface area contributed by atoms with E-state index in [1.807, 2.05) is 4.90 Å². The van der Waals surface area contributed by atoms with Gasteiger partial charge in [0.15, 0.2) is 0 Å². The van der Waals surface area contributed by atoms with Gasteiger partial charge in [0.2, 0.25) is 0 Å². The number of pyridine rings is 1. The van der Waals surface area contributed by atoms with Crippen LogP contribution in [0.25, 0.3) is 0 Å². The fourth-order valence-electron chi connectivity index (χ4n) is 3.65. The maximum Gasteiger partial charge on any atom is 0.433 e. The van der Waals surface area contributed by atoms with Crippen molar-refractivity contribution >= 4 is 5.82 Å². The van der Waals surface area contributed by atoms with Gasteiger partial charge in [-0.25, -0.2) is 4.98 Å². The molecule has 0 aromatic carbocycles. The summed E-state index contributed by atoms with van der Waals surface area (Å²) in [5, 5.41) is 0. The van der Waals surface area contributed by atoms with E-state index in [0.29, 0.717) is 25.5 Å². The molecule has 2 aliphatic heterocycles. The average Bonchev–Trinajstić information content (AvgIpc) is 2.74. The monoisotopic (exact) mass is 410 g/mol. The minimum atomic E-state index is -4.42. The molecule has 0 spiro atoms. The van der Waals surface area contributed by atoms with Gasteiger partial charge in [0.05, 0.1) is 12.6 Å². The summed E-state index contributed by atoms with van der Waals surface area (Å²) in [5.41, 5.74) is -0.847. The zero-order chi connectivity index (χ0) is 20.7. The van der Waals surface area contributed by atoms with E-state index in [4.69, 9.17) is 4.74 Å². The lowest BCUT2D eigenvalue weighted by molar-refractivity contribution is -0.141. The predicted molar refractivity (Wildman–Crippen MR) is 107 cm³/mol. The van der Waals surface area contributed by atoms with Crippen LogP contribution in [0.5, 0.6) is 0 Å². The fourth-order valence-corrected chi connectivity index (χ4v) is 3.65. The fraction of sp³-hybridized carbons (Fsp3) is 0.667. The highest BCUT2D eigenvalue weighted by molar-refractivity contribution is 5.40. The van der Waals surface area contributed by atoms with Gasteiger partial charge in [0.25, 0.3) is 0 Å². The minimum absolute atomic E-state index is 0.0967. The van der Waals surface area contributed by atoms with Gasteiger partial charge in [0.1, 0.15) is 18.1 Å². The molecule has 2 saturated heterocycles. The van der Waals surface area contributed by atoms with Gasteiger partial charge in [0, 0.05) is 39.3 Å². The van der Waals surface area contributed by atoms with Crippen molar-refractivity contribution in [2.24, 2.45) is 0 Å². The topological polar surface area (TPSA) is 31.8 Å². The molecule has 0 bridgehead atoms. The van der Waals surface area contributed by atoms with E-state index in [9.17, 15) is 13.2 Å². The molecule has 0 aliphatic carbocycles. The summed E-state index contributed by atoms with van der Waals surface area (Å²) >= 11 is 0. The Labute approximate surface area is 170 Å². The van der Waals surface area contributed by atoms with Gasteiger partial charge in [-0.3, -0.25) is 4.90 Å². The van der Waals surface area contributed by atoms with Gasteiger partial charge in [-0.05, 0) is 31.5 Å². The number of likely N-dealkylation sites (N-methyl/N-ethyl adjacent to an activating group) is 1. The highest BCUT2D eigenvalue weighted by atomic mass is 19.4. The number of alkyl halides is 3. The Hall–Kier alpha value is -1.82. The van der Waals surface area contributed by atoms with Crippen LogP contribution in [0.15, 0.2) is 18.2 Å². The molecular formula is C21H29F3N4O. The summed E-state index contributed by atoms with van der Waals surface area (Å²) in [6.45, 7) is 10.1. The lowest BCUT2D eigenvalue weighted by atomic mass is 10.1. The molecule has 0 N–H and O–H groups in total. The minimum Gasteiger partial charge on any atom is -0.365 e. The predicted octanol–water partition coefficient (Wildman–Crippen LogP) is 2.73. The molecule has 5 nitrogen and oxygen atoms in total. The highest BCUT2D eigenvalue weighted by Crippen LogP contribution is 2.29. The summed E-state index contributed by atoms with van der Waals surface area (Å²) in [5.74, 6) is 6.66. The van der Waals surface area contributed by atoms with E-state index >= 15 is 0 Å². The van der Waals surface area contributed by atoms with E-state index in [1.54, 1.807) is 6.07 Å². The number of ether oxygens (including phenoxy) is 1. The van der Waals surface area contributed by atoms with Gasteiger partial charge < -0.3 is 14.5 Å². The lowest BCUT2D eigenvalue weighted by Gasteiger charge is -2.33. The summed E-state index contributed by atoms with van der Waals surface area (Å²) in [7, 11) is 0. The van der Waals surface area contributed by atoms with Gasteiger partial charge >= 0.3 is 6.18 Å². The number of piperazine rings is 1. The Morgan fingerprint density at radius 1 is 1.03 bits per heavy atom. The molecule has 0 radical (unpaired) electrons. The zero-order valence-corrected chi connectivity index (χ0v) is 16.9. The van der Waals surface area contributed by atoms with E-state index in [-0.39, 0.29) is 6.10 Å². The molecule has 8 heteroatoms. The lowest BCUT2D eigenvalue weighted by Crippen LogP contribution is -2.46. The van der Waals surface area contributed by atoms with Gasteiger partial charge in [-0.15, -0.1) is 0 Å². The standard InChI is InChI=1S/C21H29F3N4O/c1-2-26-13-15-27(16-14-26)10-3-4-17-29-18-8-11-28(12-9-18)20-7-5-6-19(25-20)21(22,23)24/h5-7,18H,2,8-17H2,1H3. The van der Waals surface area contributed by atoms with Crippen LogP contribution in [0.4, 0.5) is 19.0 Å². The van der Waals surface area contributed by atoms with Crippen molar-refractivity contribution in [1.29, 1.82) is 0 Å². The number of piperidine rings is 1. The van der Waals surface area contributed by atoms with Gasteiger partial charge in [-0.2, -0.15) is 13.2 Å². The number of rotatable bonds is 5. The smallest absolute Gasteiger partial charge is 0.365 e. The second kappa shape index (κ2) is 10.3. The van der Waals surface area contributed by atoms with Crippen molar-refractivity contribution in [1.82, 2.24) is 14.8 Å². The van der Waals surface area contributed by atoms with E-state index in [0.717, 1.165) is 58.2 Å². The largest absolute Gasteiger partial charge is 0.433 e. The van der Waals surface area contributed by atoms with Crippen molar-refractivity contribution in [3.05, 3.63) is 23.9 Å². The molecule has 0 atom stereocenters. The second-order valence-electron chi connectivity index (χ2n) is 7.44. The second-order valence-corrected chi connectivity index (χ2v) is 7.44. The van der Waals surface area contributed by atoms with Crippen LogP contribution in [0.2, 0.25) is 0 Å². The van der Waals surface area contributed by atoms with Crippen LogP contribution in [-0.2, 0) is 10.9 Å².